The fraction of sp³-hybridized carbons (Fsp3) is 0.136. The Morgan fingerprint density at radius 3 is 2.38 bits per heavy atom. The molecule has 1 N–H and O–H groups in total. The van der Waals surface area contributed by atoms with Gasteiger partial charge >= 0.3 is 5.56 Å². The molecule has 0 fully saturated rings. The first-order valence-electron chi connectivity index (χ1n) is 9.25. The average Bonchev–Trinajstić information content (AvgIpc) is 3.22. The van der Waals surface area contributed by atoms with E-state index in [2.05, 4.69) is 40.6 Å². The van der Waals surface area contributed by atoms with Gasteiger partial charge in [0, 0.05) is 23.8 Å². The molecule has 0 atom stereocenters. The van der Waals surface area contributed by atoms with Gasteiger partial charge in [-0.2, -0.15) is 4.68 Å². The van der Waals surface area contributed by atoms with Gasteiger partial charge in [-0.3, -0.25) is 9.47 Å². The topological polar surface area (TPSA) is 64.7 Å². The molecular weight excluding hydrogens is 382 g/mol. The number of thioether (sulfide) groups is 1. The lowest BCUT2D eigenvalue weighted by atomic mass is 10.2. The third-order valence-electron chi connectivity index (χ3n) is 4.36. The van der Waals surface area contributed by atoms with Crippen LogP contribution in [0.3, 0.4) is 0 Å². The maximum atomic E-state index is 13.2. The van der Waals surface area contributed by atoms with Crippen LogP contribution in [0.25, 0.3) is 0 Å². The fourth-order valence-corrected chi connectivity index (χ4v) is 3.88. The van der Waals surface area contributed by atoms with E-state index in [1.165, 1.54) is 27.6 Å². The maximum Gasteiger partial charge on any atom is 0.316 e. The lowest BCUT2D eigenvalue weighted by molar-refractivity contribution is 0.533. The van der Waals surface area contributed by atoms with E-state index >= 15 is 0 Å². The Hall–Kier alpha value is -3.32. The van der Waals surface area contributed by atoms with Crippen LogP contribution in [-0.2, 0) is 5.75 Å². The standard InChI is InChI=1S/C22H21N5OS/c1-16-7-5-9-18(13-16)15-29-22-25-24-20(23-19-10-6-8-17(2)14-19)21(28)27(22)26-11-3-4-12-26/h3-14H,15H2,1-2H3,(H,23,24). The lowest BCUT2D eigenvalue weighted by Gasteiger charge is -2.14. The van der Waals surface area contributed by atoms with Crippen LogP contribution in [0.15, 0.2) is 83.0 Å². The van der Waals surface area contributed by atoms with Crippen molar-refractivity contribution in [1.29, 1.82) is 0 Å². The van der Waals surface area contributed by atoms with Crippen LogP contribution in [0.1, 0.15) is 16.7 Å². The van der Waals surface area contributed by atoms with Gasteiger partial charge in [-0.1, -0.05) is 53.7 Å². The molecule has 2 aromatic carbocycles. The van der Waals surface area contributed by atoms with Crippen LogP contribution in [0.2, 0.25) is 0 Å². The summed E-state index contributed by atoms with van der Waals surface area (Å²) in [6.45, 7) is 4.06. The number of aryl methyl sites for hydroxylation is 2. The number of aromatic nitrogens is 4. The zero-order valence-electron chi connectivity index (χ0n) is 16.2. The van der Waals surface area contributed by atoms with Gasteiger partial charge in [-0.05, 0) is 49.2 Å². The third kappa shape index (κ3) is 4.41. The van der Waals surface area contributed by atoms with Crippen molar-refractivity contribution in [3.8, 4) is 0 Å². The number of hydrogen-bond acceptors (Lipinski definition) is 5. The van der Waals surface area contributed by atoms with Crippen LogP contribution in [0, 0.1) is 13.8 Å². The van der Waals surface area contributed by atoms with E-state index in [0.717, 1.165) is 11.3 Å². The highest BCUT2D eigenvalue weighted by molar-refractivity contribution is 7.98. The van der Waals surface area contributed by atoms with Gasteiger partial charge in [-0.15, -0.1) is 10.2 Å². The van der Waals surface area contributed by atoms with Crippen molar-refractivity contribution in [3.63, 3.8) is 0 Å². The molecule has 6 nitrogen and oxygen atoms in total. The molecule has 0 amide bonds. The minimum atomic E-state index is -0.260. The first-order chi connectivity index (χ1) is 14.1. The van der Waals surface area contributed by atoms with E-state index in [0.29, 0.717) is 10.9 Å². The van der Waals surface area contributed by atoms with Crippen LogP contribution in [0.5, 0.6) is 0 Å². The number of rotatable bonds is 6. The molecule has 7 heteroatoms. The number of anilines is 2. The molecule has 0 bridgehead atoms. The van der Waals surface area contributed by atoms with Crippen LogP contribution < -0.4 is 10.9 Å². The largest absolute Gasteiger partial charge is 0.334 e. The number of nitrogens with one attached hydrogen (secondary N) is 1. The highest BCUT2D eigenvalue weighted by Crippen LogP contribution is 2.21. The zero-order valence-corrected chi connectivity index (χ0v) is 17.1. The van der Waals surface area contributed by atoms with E-state index in [1.807, 2.05) is 61.8 Å². The molecule has 0 saturated heterocycles. The molecule has 2 heterocycles. The smallest absolute Gasteiger partial charge is 0.316 e. The quantitative estimate of drug-likeness (QED) is 0.483. The average molecular weight is 404 g/mol. The Balaban J connectivity index is 1.68. The van der Waals surface area contributed by atoms with E-state index in [4.69, 9.17) is 0 Å². The summed E-state index contributed by atoms with van der Waals surface area (Å²) >= 11 is 1.48. The van der Waals surface area contributed by atoms with Gasteiger partial charge in [0.05, 0.1) is 0 Å². The van der Waals surface area contributed by atoms with Crippen molar-refractivity contribution in [2.24, 2.45) is 0 Å². The monoisotopic (exact) mass is 403 g/mol. The van der Waals surface area contributed by atoms with Gasteiger partial charge < -0.3 is 5.32 Å². The SMILES string of the molecule is Cc1cccc(CSc2nnc(Nc3cccc(C)c3)c(=O)n2-n2cccc2)c1. The van der Waals surface area contributed by atoms with Crippen molar-refractivity contribution >= 4 is 23.3 Å². The Labute approximate surface area is 173 Å². The molecule has 4 aromatic rings. The van der Waals surface area contributed by atoms with E-state index in [-0.39, 0.29) is 11.4 Å². The number of benzene rings is 2. The van der Waals surface area contributed by atoms with E-state index in [1.54, 1.807) is 4.68 Å². The molecule has 0 spiro atoms. The summed E-state index contributed by atoms with van der Waals surface area (Å²) in [6.07, 6.45) is 3.63. The van der Waals surface area contributed by atoms with Crippen molar-refractivity contribution in [3.05, 3.63) is 100 Å². The second kappa shape index (κ2) is 8.36. The molecule has 146 valence electrons. The number of nitrogens with zero attached hydrogens (tertiary/aromatic N) is 4. The van der Waals surface area contributed by atoms with Gasteiger partial charge in [-0.25, -0.2) is 0 Å². The Kier molecular flexibility index (Phi) is 5.48. The molecule has 0 unspecified atom stereocenters. The zero-order chi connectivity index (χ0) is 20.2. The van der Waals surface area contributed by atoms with Crippen LogP contribution in [0.4, 0.5) is 11.5 Å². The minimum absolute atomic E-state index is 0.184. The first kappa shape index (κ1) is 19.0. The van der Waals surface area contributed by atoms with Crippen molar-refractivity contribution < 1.29 is 0 Å². The second-order valence-corrected chi connectivity index (χ2v) is 7.73. The van der Waals surface area contributed by atoms with E-state index in [9.17, 15) is 4.79 Å². The lowest BCUT2D eigenvalue weighted by Crippen LogP contribution is -2.30. The predicted molar refractivity (Wildman–Crippen MR) is 117 cm³/mol. The van der Waals surface area contributed by atoms with Gasteiger partial charge in [0.1, 0.15) is 0 Å². The molecule has 0 aliphatic carbocycles. The van der Waals surface area contributed by atoms with Gasteiger partial charge in [0.2, 0.25) is 11.0 Å². The van der Waals surface area contributed by atoms with E-state index < -0.39 is 0 Å². The summed E-state index contributed by atoms with van der Waals surface area (Å²) in [7, 11) is 0. The molecule has 0 radical (unpaired) electrons. The van der Waals surface area contributed by atoms with Crippen molar-refractivity contribution in [1.82, 2.24) is 19.5 Å². The molecule has 0 saturated carbocycles. The molecule has 0 aliphatic rings. The number of hydrogen-bond donors (Lipinski definition) is 1. The fourth-order valence-electron chi connectivity index (χ4n) is 3.01. The highest BCUT2D eigenvalue weighted by atomic mass is 32.2. The Morgan fingerprint density at radius 1 is 0.931 bits per heavy atom. The summed E-state index contributed by atoms with van der Waals surface area (Å²) in [5.74, 6) is 0.881. The summed E-state index contributed by atoms with van der Waals surface area (Å²) in [4.78, 5) is 13.2. The first-order valence-corrected chi connectivity index (χ1v) is 10.2. The molecule has 29 heavy (non-hydrogen) atoms. The summed E-state index contributed by atoms with van der Waals surface area (Å²) in [5, 5.41) is 12.1. The normalized spacial score (nSPS) is 10.8. The predicted octanol–water partition coefficient (Wildman–Crippen LogP) is 4.40. The Morgan fingerprint density at radius 2 is 1.66 bits per heavy atom. The Bertz CT molecular complexity index is 1180. The van der Waals surface area contributed by atoms with Crippen LogP contribution in [-0.4, -0.2) is 19.5 Å². The summed E-state index contributed by atoms with van der Waals surface area (Å²) < 4.78 is 3.25. The molecule has 0 aliphatic heterocycles. The summed E-state index contributed by atoms with van der Waals surface area (Å²) in [6, 6.07) is 19.8. The minimum Gasteiger partial charge on any atom is -0.334 e. The van der Waals surface area contributed by atoms with Gasteiger partial charge in [0.15, 0.2) is 0 Å². The van der Waals surface area contributed by atoms with Gasteiger partial charge in [0.25, 0.3) is 0 Å². The molecule has 2 aromatic heterocycles. The summed E-state index contributed by atoms with van der Waals surface area (Å²) in [5.41, 5.74) is 4.01. The van der Waals surface area contributed by atoms with Crippen molar-refractivity contribution in [2.75, 3.05) is 5.32 Å². The highest BCUT2D eigenvalue weighted by Gasteiger charge is 2.14. The van der Waals surface area contributed by atoms with Crippen LogP contribution >= 0.6 is 11.8 Å². The third-order valence-corrected chi connectivity index (χ3v) is 5.35. The van der Waals surface area contributed by atoms with Crippen molar-refractivity contribution in [2.45, 2.75) is 24.8 Å². The second-order valence-electron chi connectivity index (χ2n) is 6.78. The molecule has 4 rings (SSSR count). The maximum absolute atomic E-state index is 13.2. The molecular formula is C22H21N5OS.